The monoisotopic (exact) mass is 473 g/mol. The lowest BCUT2D eigenvalue weighted by molar-refractivity contribution is 0.0646. The molecule has 144 valence electrons. The Labute approximate surface area is 172 Å². The Bertz CT molecular complexity index is 648. The molecule has 0 radical (unpaired) electrons. The van der Waals surface area contributed by atoms with Crippen LogP contribution in [0.1, 0.15) is 36.7 Å². The second-order valence-electron chi connectivity index (χ2n) is 5.69. The molecule has 0 aliphatic heterocycles. The molecule has 0 amide bonds. The summed E-state index contributed by atoms with van der Waals surface area (Å²) in [5.74, 6) is 2.04. The van der Waals surface area contributed by atoms with E-state index in [-0.39, 0.29) is 30.1 Å². The van der Waals surface area contributed by atoms with Gasteiger partial charge in [-0.05, 0) is 25.8 Å². The van der Waals surface area contributed by atoms with Gasteiger partial charge in [0.2, 0.25) is 5.89 Å². The molecule has 0 saturated carbocycles. The minimum absolute atomic E-state index is 0. The van der Waals surface area contributed by atoms with E-state index in [0.29, 0.717) is 31.3 Å². The third-order valence-corrected chi connectivity index (χ3v) is 3.67. The molecule has 1 atom stereocenters. The summed E-state index contributed by atoms with van der Waals surface area (Å²) in [5.41, 5.74) is 1.20. The van der Waals surface area contributed by atoms with Crippen LogP contribution in [-0.4, -0.2) is 42.8 Å². The Morgan fingerprint density at radius 3 is 2.62 bits per heavy atom. The zero-order chi connectivity index (χ0) is 17.9. The molecule has 1 aromatic carbocycles. The lowest BCUT2D eigenvalue weighted by atomic mass is 10.1. The van der Waals surface area contributed by atoms with Crippen molar-refractivity contribution in [2.45, 2.75) is 32.8 Å². The average Bonchev–Trinajstić information content (AvgIpc) is 3.05. The highest BCUT2D eigenvalue weighted by Gasteiger charge is 2.05. The van der Waals surface area contributed by atoms with Crippen LogP contribution in [0.5, 0.6) is 0 Å². The van der Waals surface area contributed by atoms with Crippen LogP contribution in [0.2, 0.25) is 0 Å². The minimum atomic E-state index is 0. The largest absolute Gasteiger partial charge is 0.374 e. The summed E-state index contributed by atoms with van der Waals surface area (Å²) in [6, 6.07) is 10.2. The molecule has 0 bridgehead atoms. The highest BCUT2D eigenvalue weighted by Crippen LogP contribution is 2.15. The molecule has 7 nitrogen and oxygen atoms in total. The molecule has 1 heterocycles. The zero-order valence-electron chi connectivity index (χ0n) is 15.6. The smallest absolute Gasteiger partial charge is 0.228 e. The van der Waals surface area contributed by atoms with Crippen molar-refractivity contribution in [2.75, 3.05) is 26.7 Å². The first-order valence-corrected chi connectivity index (χ1v) is 8.59. The van der Waals surface area contributed by atoms with Gasteiger partial charge >= 0.3 is 0 Å². The van der Waals surface area contributed by atoms with Gasteiger partial charge in [-0.1, -0.05) is 35.5 Å². The number of hydrogen-bond donors (Lipinski definition) is 2. The van der Waals surface area contributed by atoms with E-state index in [0.717, 1.165) is 18.9 Å². The second kappa shape index (κ2) is 12.6. The Balaban J connectivity index is 0.00000338. The van der Waals surface area contributed by atoms with Gasteiger partial charge in [0.05, 0.1) is 6.10 Å². The molecule has 1 aromatic heterocycles. The molecule has 0 aliphatic carbocycles. The first kappa shape index (κ1) is 22.4. The Hall–Kier alpha value is -1.68. The first-order valence-electron chi connectivity index (χ1n) is 8.59. The molecule has 0 aliphatic rings. The van der Waals surface area contributed by atoms with Crippen molar-refractivity contribution in [2.24, 2.45) is 4.99 Å². The van der Waals surface area contributed by atoms with Gasteiger partial charge in [-0.2, -0.15) is 4.98 Å². The predicted octanol–water partition coefficient (Wildman–Crippen LogP) is 2.87. The van der Waals surface area contributed by atoms with E-state index in [1.165, 1.54) is 5.56 Å². The van der Waals surface area contributed by atoms with Crippen LogP contribution in [0.25, 0.3) is 0 Å². The molecule has 8 heteroatoms. The summed E-state index contributed by atoms with van der Waals surface area (Å²) in [7, 11) is 1.75. The molecule has 26 heavy (non-hydrogen) atoms. The van der Waals surface area contributed by atoms with E-state index in [9.17, 15) is 0 Å². The maximum atomic E-state index is 5.86. The number of ether oxygens (including phenoxy) is 1. The van der Waals surface area contributed by atoms with Crippen molar-refractivity contribution in [3.63, 3.8) is 0 Å². The lowest BCUT2D eigenvalue weighted by Gasteiger charge is -2.14. The van der Waals surface area contributed by atoms with E-state index in [1.807, 2.05) is 25.1 Å². The van der Waals surface area contributed by atoms with Crippen molar-refractivity contribution in [3.05, 3.63) is 47.6 Å². The van der Waals surface area contributed by atoms with Crippen LogP contribution >= 0.6 is 24.0 Å². The number of aryl methyl sites for hydroxylation is 1. The molecule has 2 N–H and O–H groups in total. The maximum Gasteiger partial charge on any atom is 0.228 e. The summed E-state index contributed by atoms with van der Waals surface area (Å²) in [6.07, 6.45) is 1.68. The molecule has 2 aromatic rings. The van der Waals surface area contributed by atoms with Crippen molar-refractivity contribution >= 4 is 29.9 Å². The van der Waals surface area contributed by atoms with Crippen LogP contribution in [0.4, 0.5) is 0 Å². The van der Waals surface area contributed by atoms with Crippen molar-refractivity contribution in [1.82, 2.24) is 20.8 Å². The molecule has 0 spiro atoms. The fourth-order valence-electron chi connectivity index (χ4n) is 2.31. The summed E-state index contributed by atoms with van der Waals surface area (Å²) in [6.45, 7) is 6.05. The molecule has 2 rings (SSSR count). The maximum absolute atomic E-state index is 5.86. The van der Waals surface area contributed by atoms with Gasteiger partial charge in [-0.15, -0.1) is 24.0 Å². The number of aliphatic imine (C=N–C) groups is 1. The summed E-state index contributed by atoms with van der Waals surface area (Å²) < 4.78 is 10.9. The van der Waals surface area contributed by atoms with Crippen LogP contribution in [-0.2, 0) is 11.2 Å². The molecule has 0 saturated heterocycles. The van der Waals surface area contributed by atoms with Crippen LogP contribution in [0.15, 0.2) is 39.8 Å². The fourth-order valence-corrected chi connectivity index (χ4v) is 2.31. The number of hydrogen-bond acceptors (Lipinski definition) is 5. The lowest BCUT2D eigenvalue weighted by Crippen LogP contribution is -2.39. The summed E-state index contributed by atoms with van der Waals surface area (Å²) in [5, 5.41) is 10.3. The van der Waals surface area contributed by atoms with E-state index in [4.69, 9.17) is 9.26 Å². The quantitative estimate of drug-likeness (QED) is 0.252. The van der Waals surface area contributed by atoms with Gasteiger partial charge in [0.25, 0.3) is 0 Å². The van der Waals surface area contributed by atoms with Crippen molar-refractivity contribution < 1.29 is 9.26 Å². The van der Waals surface area contributed by atoms with Gasteiger partial charge in [-0.25, -0.2) is 0 Å². The fraction of sp³-hybridized carbons (Fsp3) is 0.500. The Morgan fingerprint density at radius 2 is 1.96 bits per heavy atom. The van der Waals surface area contributed by atoms with E-state index < -0.39 is 0 Å². The highest BCUT2D eigenvalue weighted by atomic mass is 127. The average molecular weight is 473 g/mol. The summed E-state index contributed by atoms with van der Waals surface area (Å²) >= 11 is 0. The topological polar surface area (TPSA) is 84.6 Å². The SMILES string of the molecule is CN=C(NCCCOC(C)c1ccccc1)NCCc1nc(C)no1.I. The van der Waals surface area contributed by atoms with E-state index in [2.05, 4.69) is 44.8 Å². The van der Waals surface area contributed by atoms with E-state index >= 15 is 0 Å². The second-order valence-corrected chi connectivity index (χ2v) is 5.69. The van der Waals surface area contributed by atoms with Gasteiger partial charge in [0.15, 0.2) is 11.8 Å². The predicted molar refractivity (Wildman–Crippen MR) is 113 cm³/mol. The number of nitrogens with one attached hydrogen (secondary N) is 2. The minimum Gasteiger partial charge on any atom is -0.374 e. The van der Waals surface area contributed by atoms with Gasteiger partial charge in [0.1, 0.15) is 0 Å². The molecule has 0 fully saturated rings. The first-order chi connectivity index (χ1) is 12.2. The highest BCUT2D eigenvalue weighted by molar-refractivity contribution is 14.0. The number of rotatable bonds is 9. The normalized spacial score (nSPS) is 12.3. The number of halogens is 1. The van der Waals surface area contributed by atoms with E-state index in [1.54, 1.807) is 7.05 Å². The van der Waals surface area contributed by atoms with Gasteiger partial charge in [0, 0.05) is 33.2 Å². The standard InChI is InChI=1S/C18H27N5O2.HI/c1-14(16-8-5-4-6-9-16)24-13-7-11-20-18(19-3)21-12-10-17-22-15(2)23-25-17;/h4-6,8-9,14H,7,10-13H2,1-3H3,(H2,19,20,21);1H. The number of nitrogens with zero attached hydrogens (tertiary/aromatic N) is 3. The van der Waals surface area contributed by atoms with Crippen LogP contribution in [0.3, 0.4) is 0 Å². The summed E-state index contributed by atoms with van der Waals surface area (Å²) in [4.78, 5) is 8.36. The molecular weight excluding hydrogens is 445 g/mol. The Morgan fingerprint density at radius 1 is 1.23 bits per heavy atom. The Kier molecular flexibility index (Phi) is 10.9. The number of aromatic nitrogens is 2. The third-order valence-electron chi connectivity index (χ3n) is 3.67. The van der Waals surface area contributed by atoms with Crippen molar-refractivity contribution in [3.8, 4) is 0 Å². The van der Waals surface area contributed by atoms with Crippen LogP contribution < -0.4 is 10.6 Å². The molecule has 1 unspecified atom stereocenters. The number of benzene rings is 1. The third kappa shape index (κ3) is 8.13. The van der Waals surface area contributed by atoms with Gasteiger partial charge < -0.3 is 19.9 Å². The number of guanidine groups is 1. The molecular formula is C18H28IN5O2. The zero-order valence-corrected chi connectivity index (χ0v) is 17.9. The van der Waals surface area contributed by atoms with Crippen molar-refractivity contribution in [1.29, 1.82) is 0 Å². The van der Waals surface area contributed by atoms with Crippen LogP contribution in [0, 0.1) is 6.92 Å². The van der Waals surface area contributed by atoms with Gasteiger partial charge in [-0.3, -0.25) is 4.99 Å².